The van der Waals surface area contributed by atoms with Gasteiger partial charge in [-0.25, -0.2) is 18.0 Å². The number of urea groups is 1. The van der Waals surface area contributed by atoms with Crippen molar-refractivity contribution in [3.63, 3.8) is 0 Å². The van der Waals surface area contributed by atoms with Gasteiger partial charge in [0.05, 0.1) is 12.6 Å². The molecule has 2 unspecified atom stereocenters. The van der Waals surface area contributed by atoms with Gasteiger partial charge in [0.1, 0.15) is 11.4 Å². The van der Waals surface area contributed by atoms with Crippen LogP contribution >= 0.6 is 0 Å². The zero-order valence-corrected chi connectivity index (χ0v) is 13.7. The van der Waals surface area contributed by atoms with Crippen molar-refractivity contribution in [1.29, 1.82) is 0 Å². The lowest BCUT2D eigenvalue weighted by Gasteiger charge is -2.23. The Balaban J connectivity index is 1.85. The Bertz CT molecular complexity index is 890. The fourth-order valence-corrected chi connectivity index (χ4v) is 2.86. The summed E-state index contributed by atoms with van der Waals surface area (Å²) in [6, 6.07) is 7.24. The van der Waals surface area contributed by atoms with Gasteiger partial charge in [0.2, 0.25) is 0 Å². The van der Waals surface area contributed by atoms with E-state index in [2.05, 4.69) is 5.32 Å². The summed E-state index contributed by atoms with van der Waals surface area (Å²) in [5.41, 5.74) is -1.34. The molecule has 0 spiro atoms. The van der Waals surface area contributed by atoms with Gasteiger partial charge in [-0.05, 0) is 42.3 Å². The molecule has 1 aliphatic rings. The molecule has 3 amide bonds. The lowest BCUT2D eigenvalue weighted by molar-refractivity contribution is -0.132. The predicted octanol–water partition coefficient (Wildman–Crippen LogP) is 2.60. The van der Waals surface area contributed by atoms with Gasteiger partial charge < -0.3 is 10.4 Å². The van der Waals surface area contributed by atoms with E-state index in [4.69, 9.17) is 0 Å². The Morgan fingerprint density at radius 1 is 1.12 bits per heavy atom. The average molecular weight is 364 g/mol. The first-order chi connectivity index (χ1) is 12.2. The van der Waals surface area contributed by atoms with Gasteiger partial charge in [-0.2, -0.15) is 0 Å². The van der Waals surface area contributed by atoms with E-state index in [9.17, 15) is 27.9 Å². The van der Waals surface area contributed by atoms with Crippen LogP contribution in [-0.2, 0) is 10.3 Å². The van der Waals surface area contributed by atoms with Gasteiger partial charge in [-0.15, -0.1) is 0 Å². The summed E-state index contributed by atoms with van der Waals surface area (Å²) in [6.45, 7) is 0.946. The van der Waals surface area contributed by atoms with Crippen LogP contribution in [0, 0.1) is 17.5 Å². The number of benzene rings is 2. The van der Waals surface area contributed by atoms with Crippen LogP contribution in [0.1, 0.15) is 24.2 Å². The first kappa shape index (κ1) is 17.9. The van der Waals surface area contributed by atoms with Gasteiger partial charge >= 0.3 is 6.03 Å². The van der Waals surface area contributed by atoms with E-state index >= 15 is 0 Å². The Labute approximate surface area is 147 Å². The molecule has 2 aromatic carbocycles. The molecule has 1 fully saturated rings. The highest BCUT2D eigenvalue weighted by Crippen LogP contribution is 2.31. The van der Waals surface area contributed by atoms with Crippen LogP contribution in [-0.4, -0.2) is 28.5 Å². The predicted molar refractivity (Wildman–Crippen MR) is 85.3 cm³/mol. The number of hydrogen-bond acceptors (Lipinski definition) is 3. The molecule has 1 heterocycles. The molecular weight excluding hydrogens is 349 g/mol. The highest BCUT2D eigenvalue weighted by Gasteiger charge is 2.49. The second-order valence-corrected chi connectivity index (χ2v) is 6.17. The minimum absolute atomic E-state index is 0.0671. The number of aliphatic hydroxyl groups is 1. The number of carbonyl (C=O) groups excluding carboxylic acids is 2. The van der Waals surface area contributed by atoms with Crippen molar-refractivity contribution in [3.05, 3.63) is 71.0 Å². The fourth-order valence-electron chi connectivity index (χ4n) is 2.86. The highest BCUT2D eigenvalue weighted by atomic mass is 19.2. The summed E-state index contributed by atoms with van der Waals surface area (Å²) in [4.78, 5) is 25.7. The first-order valence-corrected chi connectivity index (χ1v) is 7.75. The second kappa shape index (κ2) is 6.45. The number of amides is 3. The maximum absolute atomic E-state index is 13.5. The molecule has 2 N–H and O–H groups in total. The first-order valence-electron chi connectivity index (χ1n) is 7.75. The van der Waals surface area contributed by atoms with Gasteiger partial charge in [-0.1, -0.05) is 18.2 Å². The van der Waals surface area contributed by atoms with E-state index in [1.54, 1.807) is 0 Å². The molecular formula is C18H15F3N2O3. The molecule has 1 saturated heterocycles. The lowest BCUT2D eigenvalue weighted by Crippen LogP contribution is -2.41. The number of halogens is 3. The smallest absolute Gasteiger partial charge is 0.325 e. The van der Waals surface area contributed by atoms with E-state index in [0.29, 0.717) is 0 Å². The molecule has 0 radical (unpaired) electrons. The molecule has 2 aromatic rings. The number of imide groups is 1. The van der Waals surface area contributed by atoms with Crippen molar-refractivity contribution >= 4 is 11.9 Å². The summed E-state index contributed by atoms with van der Waals surface area (Å²) in [7, 11) is 0. The third-order valence-electron chi connectivity index (χ3n) is 4.36. The molecule has 26 heavy (non-hydrogen) atoms. The third kappa shape index (κ3) is 3.03. The average Bonchev–Trinajstić information content (AvgIpc) is 2.81. The molecule has 5 nitrogen and oxygen atoms in total. The van der Waals surface area contributed by atoms with E-state index in [1.165, 1.54) is 31.2 Å². The van der Waals surface area contributed by atoms with Crippen molar-refractivity contribution in [2.45, 2.75) is 18.6 Å². The zero-order valence-electron chi connectivity index (χ0n) is 13.7. The van der Waals surface area contributed by atoms with Crippen LogP contribution in [0.5, 0.6) is 0 Å². The quantitative estimate of drug-likeness (QED) is 0.820. The summed E-state index contributed by atoms with van der Waals surface area (Å²) >= 11 is 0. The number of β-amino-alcohol motifs (C(OH)–C–C–N with tert-alkyl or cyclic N) is 1. The van der Waals surface area contributed by atoms with E-state index in [-0.39, 0.29) is 11.1 Å². The Hall–Kier alpha value is -2.87. The van der Waals surface area contributed by atoms with Gasteiger partial charge in [-0.3, -0.25) is 9.69 Å². The Kier molecular flexibility index (Phi) is 4.45. The molecule has 136 valence electrons. The third-order valence-corrected chi connectivity index (χ3v) is 4.36. The van der Waals surface area contributed by atoms with Crippen molar-refractivity contribution in [2.75, 3.05) is 6.54 Å². The van der Waals surface area contributed by atoms with Gasteiger partial charge in [0.25, 0.3) is 5.91 Å². The SMILES string of the molecule is CC1(c2ccc(F)c(F)c2)NC(=O)N(CC(O)c2cccc(F)c2)C1=O. The van der Waals surface area contributed by atoms with Gasteiger partial charge in [0.15, 0.2) is 11.6 Å². The Morgan fingerprint density at radius 3 is 2.50 bits per heavy atom. The van der Waals surface area contributed by atoms with E-state index < -0.39 is 47.6 Å². The monoisotopic (exact) mass is 364 g/mol. The van der Waals surface area contributed by atoms with Crippen molar-refractivity contribution < 1.29 is 27.9 Å². The minimum atomic E-state index is -1.60. The number of carbonyl (C=O) groups is 2. The minimum Gasteiger partial charge on any atom is -0.387 e. The molecule has 0 aliphatic carbocycles. The van der Waals surface area contributed by atoms with Crippen molar-refractivity contribution in [1.82, 2.24) is 10.2 Å². The standard InChI is InChI=1S/C18H15F3N2O3/c1-18(11-5-6-13(20)14(21)8-11)16(25)23(17(26)22-18)9-15(24)10-3-2-4-12(19)7-10/h2-8,15,24H,9H2,1H3,(H,22,26). The summed E-state index contributed by atoms with van der Waals surface area (Å²) < 4.78 is 39.9. The maximum Gasteiger partial charge on any atom is 0.325 e. The van der Waals surface area contributed by atoms with Crippen LogP contribution < -0.4 is 5.32 Å². The zero-order chi connectivity index (χ0) is 19.1. The fraction of sp³-hybridized carbons (Fsp3) is 0.222. The van der Waals surface area contributed by atoms with Crippen molar-refractivity contribution in [2.24, 2.45) is 0 Å². The van der Waals surface area contributed by atoms with Crippen LogP contribution in [0.3, 0.4) is 0 Å². The topological polar surface area (TPSA) is 69.6 Å². The number of hydrogen-bond donors (Lipinski definition) is 2. The van der Waals surface area contributed by atoms with Crippen molar-refractivity contribution in [3.8, 4) is 0 Å². The van der Waals surface area contributed by atoms with Crippen LogP contribution in [0.25, 0.3) is 0 Å². The number of nitrogens with zero attached hydrogens (tertiary/aromatic N) is 1. The van der Waals surface area contributed by atoms with Gasteiger partial charge in [0, 0.05) is 0 Å². The molecule has 0 aromatic heterocycles. The largest absolute Gasteiger partial charge is 0.387 e. The molecule has 0 bridgehead atoms. The Morgan fingerprint density at radius 2 is 1.85 bits per heavy atom. The number of nitrogens with one attached hydrogen (secondary N) is 1. The molecule has 2 atom stereocenters. The summed E-state index contributed by atoms with van der Waals surface area (Å²) in [5, 5.41) is 12.6. The lowest BCUT2D eigenvalue weighted by atomic mass is 9.92. The maximum atomic E-state index is 13.5. The van der Waals surface area contributed by atoms with E-state index in [0.717, 1.165) is 23.1 Å². The summed E-state index contributed by atoms with van der Waals surface area (Å²) in [5.74, 6) is -3.52. The normalized spacial score (nSPS) is 21.0. The molecule has 1 aliphatic heterocycles. The van der Waals surface area contributed by atoms with Crippen LogP contribution in [0.2, 0.25) is 0 Å². The molecule has 3 rings (SSSR count). The second-order valence-electron chi connectivity index (χ2n) is 6.17. The number of rotatable bonds is 4. The summed E-state index contributed by atoms with van der Waals surface area (Å²) in [6.07, 6.45) is -1.30. The highest BCUT2D eigenvalue weighted by molar-refractivity contribution is 6.07. The van der Waals surface area contributed by atoms with E-state index in [1.807, 2.05) is 0 Å². The molecule has 0 saturated carbocycles. The molecule has 8 heteroatoms. The van der Waals surface area contributed by atoms with Crippen LogP contribution in [0.4, 0.5) is 18.0 Å². The number of aliphatic hydroxyl groups excluding tert-OH is 1. The van der Waals surface area contributed by atoms with Crippen LogP contribution in [0.15, 0.2) is 42.5 Å².